The van der Waals surface area contributed by atoms with E-state index in [1.165, 1.54) is 13.2 Å². The minimum Gasteiger partial charge on any atom is -0.493 e. The lowest BCUT2D eigenvalue weighted by Crippen LogP contribution is -2.41. The fourth-order valence-electron chi connectivity index (χ4n) is 6.62. The summed E-state index contributed by atoms with van der Waals surface area (Å²) in [5, 5.41) is 3.85. The summed E-state index contributed by atoms with van der Waals surface area (Å²) in [4.78, 5) is 28.9. The summed E-state index contributed by atoms with van der Waals surface area (Å²) in [6.45, 7) is 4.82. The van der Waals surface area contributed by atoms with E-state index in [0.717, 1.165) is 42.4 Å². The van der Waals surface area contributed by atoms with Gasteiger partial charge >= 0.3 is 5.97 Å². The van der Waals surface area contributed by atoms with Gasteiger partial charge in [0.25, 0.3) is 0 Å². The van der Waals surface area contributed by atoms with Crippen LogP contribution in [-0.2, 0) is 20.7 Å². The van der Waals surface area contributed by atoms with Crippen LogP contribution in [0.2, 0.25) is 5.02 Å². The zero-order valence-corrected chi connectivity index (χ0v) is 27.9. The third-order valence-corrected chi connectivity index (χ3v) is 9.15. The number of rotatable bonds is 11. The molecule has 246 valence electrons. The Kier molecular flexibility index (Phi) is 10.7. The maximum Gasteiger partial charge on any atom is 0.319 e. The van der Waals surface area contributed by atoms with Gasteiger partial charge < -0.3 is 29.3 Å². The van der Waals surface area contributed by atoms with E-state index in [9.17, 15) is 9.59 Å². The molecule has 1 heterocycles. The van der Waals surface area contributed by atoms with E-state index in [4.69, 9.17) is 25.8 Å². The molecule has 1 amide bonds. The number of methoxy groups -OCH3 is 2. The maximum atomic E-state index is 15.9. The number of carbonyl (C=O) groups is 2. The van der Waals surface area contributed by atoms with Crippen molar-refractivity contribution >= 4 is 34.9 Å². The van der Waals surface area contributed by atoms with Gasteiger partial charge in [0.1, 0.15) is 5.82 Å². The number of halogens is 2. The lowest BCUT2D eigenvalue weighted by molar-refractivity contribution is -0.139. The summed E-state index contributed by atoms with van der Waals surface area (Å²) in [6, 6.07) is 16.0. The van der Waals surface area contributed by atoms with Crippen LogP contribution in [0.4, 0.5) is 15.8 Å². The number of carbonyl (C=O) groups excluding carboxylic acids is 2. The van der Waals surface area contributed by atoms with E-state index in [-0.39, 0.29) is 42.8 Å². The Hall–Kier alpha value is -3.82. The van der Waals surface area contributed by atoms with Gasteiger partial charge in [-0.2, -0.15) is 0 Å². The molecule has 0 saturated heterocycles. The smallest absolute Gasteiger partial charge is 0.319 e. The first-order chi connectivity index (χ1) is 22.1. The largest absolute Gasteiger partial charge is 0.493 e. The standard InChI is InChI=1S/C36H43ClFN3O5/c1-22(2)46-33-19-29-25(16-32(33)44-4)17-34(42)41(36(29)24-8-10-26(37)11-9-24)28-14-15-31(30(38)18-28)40(3)21-23-6-12-27(13-7-23)39-20-35(43)45-5/h8-11,14-16,18-19,22-23,27,36,39H,6-7,12-13,17,20-21H2,1-5H3/t23?,27?,36-/m0/s1. The van der Waals surface area contributed by atoms with Gasteiger partial charge in [-0.1, -0.05) is 23.7 Å². The number of hydrogen-bond donors (Lipinski definition) is 1. The lowest BCUT2D eigenvalue weighted by atomic mass is 9.85. The molecule has 1 atom stereocenters. The average molecular weight is 652 g/mol. The Morgan fingerprint density at radius 2 is 1.76 bits per heavy atom. The number of nitrogens with zero attached hydrogens (tertiary/aromatic N) is 2. The fourth-order valence-corrected chi connectivity index (χ4v) is 6.74. The predicted octanol–water partition coefficient (Wildman–Crippen LogP) is 6.71. The topological polar surface area (TPSA) is 80.3 Å². The number of ether oxygens (including phenoxy) is 3. The third kappa shape index (κ3) is 7.58. The zero-order chi connectivity index (χ0) is 33.0. The molecule has 0 unspecified atom stereocenters. The Morgan fingerprint density at radius 1 is 1.04 bits per heavy atom. The fraction of sp³-hybridized carbons (Fsp3) is 0.444. The summed E-state index contributed by atoms with van der Waals surface area (Å²) in [7, 11) is 4.88. The summed E-state index contributed by atoms with van der Waals surface area (Å²) in [6.07, 6.45) is 3.94. The molecule has 8 nitrogen and oxygen atoms in total. The van der Waals surface area contributed by atoms with Gasteiger partial charge in [0.2, 0.25) is 5.91 Å². The normalized spacial score (nSPS) is 19.5. The lowest BCUT2D eigenvalue weighted by Gasteiger charge is -2.38. The van der Waals surface area contributed by atoms with E-state index in [2.05, 4.69) is 5.32 Å². The van der Waals surface area contributed by atoms with Crippen molar-refractivity contribution in [1.82, 2.24) is 5.32 Å². The molecule has 3 aromatic carbocycles. The summed E-state index contributed by atoms with van der Waals surface area (Å²) >= 11 is 6.24. The van der Waals surface area contributed by atoms with Crippen LogP contribution in [0.3, 0.4) is 0 Å². The van der Waals surface area contributed by atoms with Crippen molar-refractivity contribution in [3.63, 3.8) is 0 Å². The number of amides is 1. The third-order valence-electron chi connectivity index (χ3n) is 8.90. The van der Waals surface area contributed by atoms with E-state index in [1.807, 2.05) is 56.1 Å². The molecular formula is C36H43ClFN3O5. The van der Waals surface area contributed by atoms with Crippen LogP contribution in [0, 0.1) is 11.7 Å². The Morgan fingerprint density at radius 3 is 2.39 bits per heavy atom. The molecular weight excluding hydrogens is 609 g/mol. The van der Waals surface area contributed by atoms with Crippen molar-refractivity contribution in [2.24, 2.45) is 5.92 Å². The SMILES string of the molecule is COC(=O)CNC1CCC(CN(C)c2ccc(N3C(=O)Cc4cc(OC)c(OC(C)C)cc4[C@@H]3c3ccc(Cl)cc3)cc2F)CC1. The molecule has 0 spiro atoms. The van der Waals surface area contributed by atoms with Crippen LogP contribution in [0.1, 0.15) is 62.3 Å². The molecule has 5 rings (SSSR count). The highest BCUT2D eigenvalue weighted by Gasteiger charge is 2.36. The van der Waals surface area contributed by atoms with Crippen molar-refractivity contribution in [2.75, 3.05) is 44.2 Å². The minimum atomic E-state index is -0.528. The van der Waals surface area contributed by atoms with E-state index in [0.29, 0.717) is 40.4 Å². The Bertz CT molecular complexity index is 1540. The second-order valence-corrected chi connectivity index (χ2v) is 12.9. The van der Waals surface area contributed by atoms with Crippen LogP contribution in [0.15, 0.2) is 54.6 Å². The predicted molar refractivity (Wildman–Crippen MR) is 179 cm³/mol. The van der Waals surface area contributed by atoms with E-state index in [1.54, 1.807) is 30.2 Å². The molecule has 46 heavy (non-hydrogen) atoms. The highest BCUT2D eigenvalue weighted by molar-refractivity contribution is 6.30. The highest BCUT2D eigenvalue weighted by Crippen LogP contribution is 2.44. The van der Waals surface area contributed by atoms with Gasteiger partial charge in [-0.15, -0.1) is 0 Å². The second kappa shape index (κ2) is 14.7. The van der Waals surface area contributed by atoms with Crippen molar-refractivity contribution in [3.8, 4) is 11.5 Å². The van der Waals surface area contributed by atoms with E-state index >= 15 is 4.39 Å². The van der Waals surface area contributed by atoms with Crippen LogP contribution in [0.25, 0.3) is 0 Å². The number of nitrogens with one attached hydrogen (secondary N) is 1. The first-order valence-electron chi connectivity index (χ1n) is 15.8. The average Bonchev–Trinajstić information content (AvgIpc) is 3.03. The molecule has 0 radical (unpaired) electrons. The number of hydrogen-bond acceptors (Lipinski definition) is 7. The van der Waals surface area contributed by atoms with Gasteiger partial charge in [0, 0.05) is 30.3 Å². The van der Waals surface area contributed by atoms with Crippen molar-refractivity contribution in [3.05, 3.63) is 82.1 Å². The second-order valence-electron chi connectivity index (χ2n) is 12.5. The van der Waals surface area contributed by atoms with Gasteiger partial charge in [-0.3, -0.25) is 9.59 Å². The Labute approximate surface area is 275 Å². The van der Waals surface area contributed by atoms with Crippen LogP contribution < -0.4 is 24.6 Å². The summed E-state index contributed by atoms with van der Waals surface area (Å²) in [5.74, 6) is 0.759. The molecule has 1 saturated carbocycles. The van der Waals surface area contributed by atoms with Gasteiger partial charge in [0.15, 0.2) is 11.5 Å². The number of anilines is 2. The molecule has 0 bridgehead atoms. The summed E-state index contributed by atoms with van der Waals surface area (Å²) < 4.78 is 32.3. The molecule has 1 aliphatic carbocycles. The Balaban J connectivity index is 1.39. The van der Waals surface area contributed by atoms with Crippen LogP contribution in [0.5, 0.6) is 11.5 Å². The monoisotopic (exact) mass is 651 g/mol. The number of fused-ring (bicyclic) bond motifs is 1. The molecule has 1 aliphatic heterocycles. The van der Waals surface area contributed by atoms with Gasteiger partial charge in [-0.25, -0.2) is 4.39 Å². The number of benzene rings is 3. The summed E-state index contributed by atoms with van der Waals surface area (Å²) in [5.41, 5.74) is 3.53. The van der Waals surface area contributed by atoms with Crippen molar-refractivity contribution in [1.29, 1.82) is 0 Å². The molecule has 1 fully saturated rings. The molecule has 3 aromatic rings. The van der Waals surface area contributed by atoms with Crippen molar-refractivity contribution in [2.45, 2.75) is 64.1 Å². The molecule has 0 aromatic heterocycles. The van der Waals surface area contributed by atoms with Crippen LogP contribution >= 0.6 is 11.6 Å². The number of esters is 1. The van der Waals surface area contributed by atoms with Gasteiger partial charge in [0.05, 0.1) is 45.0 Å². The maximum absolute atomic E-state index is 15.9. The quantitative estimate of drug-likeness (QED) is 0.231. The molecule has 10 heteroatoms. The first kappa shape index (κ1) is 33.5. The zero-order valence-electron chi connectivity index (χ0n) is 27.1. The van der Waals surface area contributed by atoms with Crippen molar-refractivity contribution < 1.29 is 28.2 Å². The highest BCUT2D eigenvalue weighted by atomic mass is 35.5. The molecule has 2 aliphatic rings. The minimum absolute atomic E-state index is 0.0841. The van der Waals surface area contributed by atoms with Crippen LogP contribution in [-0.4, -0.2) is 58.4 Å². The van der Waals surface area contributed by atoms with E-state index < -0.39 is 6.04 Å². The van der Waals surface area contributed by atoms with Gasteiger partial charge in [-0.05, 0) is 105 Å². The molecule has 1 N–H and O–H groups in total. The first-order valence-corrected chi connectivity index (χ1v) is 16.2.